The van der Waals surface area contributed by atoms with Crippen LogP contribution in [0.1, 0.15) is 26.2 Å². The Bertz CT molecular complexity index is 129. The summed E-state index contributed by atoms with van der Waals surface area (Å²) in [6.45, 7) is 6.03. The van der Waals surface area contributed by atoms with E-state index in [0.29, 0.717) is 0 Å². The minimum Gasteiger partial charge on any atom is -0.0956 e. The zero-order chi connectivity index (χ0) is 5.98. The SMILES string of the molecule is C=C1CCC/C1=C/C. The van der Waals surface area contributed by atoms with Crippen molar-refractivity contribution >= 4 is 0 Å². The van der Waals surface area contributed by atoms with Crippen molar-refractivity contribution in [1.82, 2.24) is 0 Å². The minimum absolute atomic E-state index is 1.22. The minimum atomic E-state index is 1.22. The van der Waals surface area contributed by atoms with Gasteiger partial charge in [0, 0.05) is 0 Å². The van der Waals surface area contributed by atoms with Crippen LogP contribution in [0.2, 0.25) is 0 Å². The third-order valence-electron chi connectivity index (χ3n) is 1.73. The fourth-order valence-electron chi connectivity index (χ4n) is 1.18. The molecule has 0 atom stereocenters. The molecule has 0 N–H and O–H groups in total. The molecule has 0 spiro atoms. The van der Waals surface area contributed by atoms with E-state index in [0.717, 1.165) is 0 Å². The van der Waals surface area contributed by atoms with Gasteiger partial charge in [0.05, 0.1) is 0 Å². The fourth-order valence-corrected chi connectivity index (χ4v) is 1.18. The van der Waals surface area contributed by atoms with Crippen LogP contribution in [0.3, 0.4) is 0 Å². The molecular weight excluding hydrogens is 96.1 g/mol. The van der Waals surface area contributed by atoms with Crippen molar-refractivity contribution in [2.75, 3.05) is 0 Å². The lowest BCUT2D eigenvalue weighted by Gasteiger charge is -1.91. The standard InChI is InChI=1S/C8H12/c1-3-8-6-4-5-7(8)2/h3H,2,4-6H2,1H3/b8-3-. The summed E-state index contributed by atoms with van der Waals surface area (Å²) >= 11 is 0. The van der Waals surface area contributed by atoms with E-state index in [1.165, 1.54) is 30.4 Å². The van der Waals surface area contributed by atoms with Crippen LogP contribution in [0.5, 0.6) is 0 Å². The van der Waals surface area contributed by atoms with Gasteiger partial charge in [-0.05, 0) is 31.8 Å². The molecule has 1 rings (SSSR count). The zero-order valence-electron chi connectivity index (χ0n) is 5.41. The molecule has 1 saturated carbocycles. The van der Waals surface area contributed by atoms with Gasteiger partial charge < -0.3 is 0 Å². The highest BCUT2D eigenvalue weighted by atomic mass is 14.1. The molecule has 44 valence electrons. The van der Waals surface area contributed by atoms with Crippen LogP contribution in [-0.4, -0.2) is 0 Å². The molecule has 0 amide bonds. The molecule has 0 aromatic heterocycles. The second-order valence-corrected chi connectivity index (χ2v) is 2.27. The van der Waals surface area contributed by atoms with E-state index >= 15 is 0 Å². The Morgan fingerprint density at radius 3 is 2.50 bits per heavy atom. The molecular formula is C8H12. The zero-order valence-corrected chi connectivity index (χ0v) is 5.41. The average Bonchev–Trinajstić information content (AvgIpc) is 2.14. The van der Waals surface area contributed by atoms with E-state index in [-0.39, 0.29) is 0 Å². The Labute approximate surface area is 50.9 Å². The summed E-state index contributed by atoms with van der Waals surface area (Å²) in [5.41, 5.74) is 2.83. The van der Waals surface area contributed by atoms with Gasteiger partial charge in [0.15, 0.2) is 0 Å². The Morgan fingerprint density at radius 2 is 2.25 bits per heavy atom. The molecule has 1 fully saturated rings. The van der Waals surface area contributed by atoms with Gasteiger partial charge in [-0.2, -0.15) is 0 Å². The van der Waals surface area contributed by atoms with Gasteiger partial charge in [0.1, 0.15) is 0 Å². The molecule has 0 aliphatic heterocycles. The lowest BCUT2D eigenvalue weighted by atomic mass is 10.1. The summed E-state index contributed by atoms with van der Waals surface area (Å²) < 4.78 is 0. The maximum Gasteiger partial charge on any atom is -0.0276 e. The van der Waals surface area contributed by atoms with Crippen molar-refractivity contribution in [3.8, 4) is 0 Å². The summed E-state index contributed by atoms with van der Waals surface area (Å²) in [4.78, 5) is 0. The summed E-state index contributed by atoms with van der Waals surface area (Å²) in [6, 6.07) is 0. The van der Waals surface area contributed by atoms with Crippen molar-refractivity contribution in [3.63, 3.8) is 0 Å². The summed E-state index contributed by atoms with van der Waals surface area (Å²) in [5, 5.41) is 0. The Balaban J connectivity index is 2.69. The van der Waals surface area contributed by atoms with Gasteiger partial charge in [0.25, 0.3) is 0 Å². The topological polar surface area (TPSA) is 0 Å². The summed E-state index contributed by atoms with van der Waals surface area (Å²) in [6.07, 6.45) is 5.98. The first-order valence-corrected chi connectivity index (χ1v) is 3.18. The largest absolute Gasteiger partial charge is 0.0956 e. The van der Waals surface area contributed by atoms with Crippen molar-refractivity contribution in [2.45, 2.75) is 26.2 Å². The molecule has 0 heteroatoms. The van der Waals surface area contributed by atoms with Crippen LogP contribution in [-0.2, 0) is 0 Å². The first-order valence-electron chi connectivity index (χ1n) is 3.18. The Hall–Kier alpha value is -0.520. The van der Waals surface area contributed by atoms with Gasteiger partial charge in [-0.3, -0.25) is 0 Å². The Kier molecular flexibility index (Phi) is 1.52. The maximum atomic E-state index is 3.94. The van der Waals surface area contributed by atoms with Gasteiger partial charge in [0.2, 0.25) is 0 Å². The predicted molar refractivity (Wildman–Crippen MR) is 36.7 cm³/mol. The van der Waals surface area contributed by atoms with Crippen molar-refractivity contribution in [1.29, 1.82) is 0 Å². The van der Waals surface area contributed by atoms with E-state index in [2.05, 4.69) is 19.6 Å². The smallest absolute Gasteiger partial charge is 0.0276 e. The molecule has 1 aliphatic rings. The first kappa shape index (κ1) is 5.61. The highest BCUT2D eigenvalue weighted by Gasteiger charge is 2.08. The molecule has 0 heterocycles. The van der Waals surface area contributed by atoms with Gasteiger partial charge in [-0.15, -0.1) is 0 Å². The third-order valence-corrected chi connectivity index (χ3v) is 1.73. The number of rotatable bonds is 0. The van der Waals surface area contributed by atoms with E-state index in [9.17, 15) is 0 Å². The molecule has 0 bridgehead atoms. The first-order chi connectivity index (χ1) is 3.84. The van der Waals surface area contributed by atoms with Crippen molar-refractivity contribution in [2.24, 2.45) is 0 Å². The van der Waals surface area contributed by atoms with Crippen LogP contribution >= 0.6 is 0 Å². The van der Waals surface area contributed by atoms with Crippen molar-refractivity contribution < 1.29 is 0 Å². The predicted octanol–water partition coefficient (Wildman–Crippen LogP) is 2.67. The van der Waals surface area contributed by atoms with Gasteiger partial charge in [-0.1, -0.05) is 18.2 Å². The molecule has 0 radical (unpaired) electrons. The number of allylic oxidation sites excluding steroid dienone is 3. The molecule has 0 unspecified atom stereocenters. The van der Waals surface area contributed by atoms with E-state index < -0.39 is 0 Å². The lowest BCUT2D eigenvalue weighted by molar-refractivity contribution is 0.933. The molecule has 0 aromatic rings. The van der Waals surface area contributed by atoms with E-state index in [4.69, 9.17) is 0 Å². The normalized spacial score (nSPS) is 25.1. The molecule has 8 heavy (non-hydrogen) atoms. The van der Waals surface area contributed by atoms with Gasteiger partial charge >= 0.3 is 0 Å². The maximum absolute atomic E-state index is 3.94. The highest BCUT2D eigenvalue weighted by Crippen LogP contribution is 2.27. The molecule has 0 nitrogen and oxygen atoms in total. The second-order valence-electron chi connectivity index (χ2n) is 2.27. The monoisotopic (exact) mass is 108 g/mol. The number of hydrogen-bond acceptors (Lipinski definition) is 0. The van der Waals surface area contributed by atoms with Crippen LogP contribution in [0.15, 0.2) is 23.8 Å². The third kappa shape index (κ3) is 0.835. The number of hydrogen-bond donors (Lipinski definition) is 0. The summed E-state index contributed by atoms with van der Waals surface area (Å²) in [7, 11) is 0. The van der Waals surface area contributed by atoms with Crippen LogP contribution in [0, 0.1) is 0 Å². The molecule has 0 aromatic carbocycles. The highest BCUT2D eigenvalue weighted by molar-refractivity contribution is 5.31. The summed E-state index contributed by atoms with van der Waals surface area (Å²) in [5.74, 6) is 0. The van der Waals surface area contributed by atoms with Crippen LogP contribution in [0.25, 0.3) is 0 Å². The quantitative estimate of drug-likeness (QED) is 0.447. The second kappa shape index (κ2) is 2.17. The lowest BCUT2D eigenvalue weighted by Crippen LogP contribution is -1.71. The van der Waals surface area contributed by atoms with Crippen molar-refractivity contribution in [3.05, 3.63) is 23.8 Å². The van der Waals surface area contributed by atoms with Gasteiger partial charge in [-0.25, -0.2) is 0 Å². The Morgan fingerprint density at radius 1 is 1.50 bits per heavy atom. The average molecular weight is 108 g/mol. The van der Waals surface area contributed by atoms with Crippen LogP contribution in [0.4, 0.5) is 0 Å². The van der Waals surface area contributed by atoms with Crippen LogP contribution < -0.4 is 0 Å². The molecule has 1 aliphatic carbocycles. The van der Waals surface area contributed by atoms with E-state index in [1.54, 1.807) is 0 Å². The molecule has 0 saturated heterocycles. The fraction of sp³-hybridized carbons (Fsp3) is 0.500. The van der Waals surface area contributed by atoms with E-state index in [1.807, 2.05) is 0 Å².